The molecule has 1 aromatic heterocycles. The van der Waals surface area contributed by atoms with Crippen LogP contribution in [0.3, 0.4) is 0 Å². The van der Waals surface area contributed by atoms with Crippen LogP contribution in [-0.4, -0.2) is 22.4 Å². The van der Waals surface area contributed by atoms with Gasteiger partial charge in [-0.3, -0.25) is 4.68 Å². The zero-order chi connectivity index (χ0) is 17.2. The minimum Gasteiger partial charge on any atom is -0.462 e. The number of carbonyl (C=O) groups excluding carboxylic acids is 1. The average Bonchev–Trinajstić information content (AvgIpc) is 2.81. The minimum atomic E-state index is -4.54. The van der Waals surface area contributed by atoms with Gasteiger partial charge in [-0.2, -0.15) is 13.2 Å². The van der Waals surface area contributed by atoms with Crippen LogP contribution in [-0.2, 0) is 18.0 Å². The van der Waals surface area contributed by atoms with Gasteiger partial charge in [0, 0.05) is 17.7 Å². The number of alkyl halides is 3. The quantitative estimate of drug-likeness (QED) is 0.732. The summed E-state index contributed by atoms with van der Waals surface area (Å²) in [5.74, 6) is -0.880. The molecule has 0 radical (unpaired) electrons. The molecule has 0 fully saturated rings. The van der Waals surface area contributed by atoms with Gasteiger partial charge in [0.15, 0.2) is 0 Å². The predicted octanol–water partition coefficient (Wildman–Crippen LogP) is 4.17. The Labute approximate surface area is 138 Å². The highest BCUT2D eigenvalue weighted by molar-refractivity contribution is 9.10. The van der Waals surface area contributed by atoms with Crippen LogP contribution in [0.1, 0.15) is 22.8 Å². The summed E-state index contributed by atoms with van der Waals surface area (Å²) in [6.07, 6.45) is -3.16. The van der Waals surface area contributed by atoms with Crippen molar-refractivity contribution in [2.45, 2.75) is 13.1 Å². The first-order valence-corrected chi connectivity index (χ1v) is 7.27. The van der Waals surface area contributed by atoms with Crippen molar-refractivity contribution >= 4 is 21.9 Å². The van der Waals surface area contributed by atoms with Crippen LogP contribution in [0, 0.1) is 0 Å². The number of hydrogen-bond acceptors (Lipinski definition) is 4. The molecule has 23 heavy (non-hydrogen) atoms. The highest BCUT2D eigenvalue weighted by Crippen LogP contribution is 2.38. The maximum Gasteiger partial charge on any atom is 0.417 e. The van der Waals surface area contributed by atoms with Crippen molar-refractivity contribution < 1.29 is 27.4 Å². The number of aryl methyl sites for hydroxylation is 1. The molecule has 0 atom stereocenters. The zero-order valence-electron chi connectivity index (χ0n) is 12.1. The second-order valence-electron chi connectivity index (χ2n) is 4.48. The molecule has 1 heterocycles. The van der Waals surface area contributed by atoms with Gasteiger partial charge in [-0.1, -0.05) is 15.9 Å². The van der Waals surface area contributed by atoms with Gasteiger partial charge in [-0.05, 0) is 25.1 Å². The fourth-order valence-electron chi connectivity index (χ4n) is 1.79. The summed E-state index contributed by atoms with van der Waals surface area (Å²) in [5, 5.41) is 3.92. The Balaban J connectivity index is 2.35. The van der Waals surface area contributed by atoms with Crippen molar-refractivity contribution in [2.24, 2.45) is 7.05 Å². The van der Waals surface area contributed by atoms with Gasteiger partial charge >= 0.3 is 12.1 Å². The van der Waals surface area contributed by atoms with Crippen molar-refractivity contribution in [2.75, 3.05) is 6.61 Å². The van der Waals surface area contributed by atoms with Gasteiger partial charge in [0.05, 0.1) is 12.2 Å². The molecule has 0 bridgehead atoms. The molecule has 0 amide bonds. The number of ether oxygens (including phenoxy) is 2. The molecule has 1 aromatic carbocycles. The van der Waals surface area contributed by atoms with E-state index in [2.05, 4.69) is 21.0 Å². The van der Waals surface area contributed by atoms with E-state index in [1.807, 2.05) is 0 Å². The molecule has 0 aliphatic carbocycles. The van der Waals surface area contributed by atoms with Crippen molar-refractivity contribution in [3.05, 3.63) is 40.0 Å². The van der Waals surface area contributed by atoms with Gasteiger partial charge in [0.25, 0.3) is 5.88 Å². The fraction of sp³-hybridized carbons (Fsp3) is 0.286. The molecular formula is C14H12BrF3N2O3. The van der Waals surface area contributed by atoms with E-state index in [0.717, 1.165) is 6.07 Å². The minimum absolute atomic E-state index is 0.0332. The summed E-state index contributed by atoms with van der Waals surface area (Å²) in [6.45, 7) is 1.79. The topological polar surface area (TPSA) is 53.4 Å². The lowest BCUT2D eigenvalue weighted by molar-refractivity contribution is -0.138. The number of esters is 1. The lowest BCUT2D eigenvalue weighted by Gasteiger charge is -2.11. The van der Waals surface area contributed by atoms with E-state index in [1.165, 1.54) is 23.0 Å². The summed E-state index contributed by atoms with van der Waals surface area (Å²) in [7, 11) is 1.55. The molecule has 0 saturated carbocycles. The summed E-state index contributed by atoms with van der Waals surface area (Å²) < 4.78 is 50.1. The second-order valence-corrected chi connectivity index (χ2v) is 5.34. The fourth-order valence-corrected chi connectivity index (χ4v) is 2.26. The first kappa shape index (κ1) is 17.3. The number of rotatable bonds is 4. The molecule has 2 rings (SSSR count). The van der Waals surface area contributed by atoms with E-state index in [1.54, 1.807) is 14.0 Å². The molecule has 9 heteroatoms. The molecule has 0 spiro atoms. The van der Waals surface area contributed by atoms with Crippen LogP contribution in [0.4, 0.5) is 13.2 Å². The SMILES string of the molecule is CCOC(=O)c1cn(C)nc1Oc1ccc(Br)c(C(F)(F)F)c1. The van der Waals surface area contributed by atoms with Crippen LogP contribution in [0.25, 0.3) is 0 Å². The lowest BCUT2D eigenvalue weighted by Crippen LogP contribution is -2.07. The number of nitrogens with zero attached hydrogens (tertiary/aromatic N) is 2. The number of benzene rings is 1. The highest BCUT2D eigenvalue weighted by atomic mass is 79.9. The molecule has 5 nitrogen and oxygen atoms in total. The Bertz CT molecular complexity index is 729. The third-order valence-electron chi connectivity index (χ3n) is 2.75. The number of hydrogen-bond donors (Lipinski definition) is 0. The monoisotopic (exact) mass is 392 g/mol. The summed E-state index contributed by atoms with van der Waals surface area (Å²) >= 11 is 2.84. The van der Waals surface area contributed by atoms with Crippen molar-refractivity contribution in [1.82, 2.24) is 9.78 Å². The van der Waals surface area contributed by atoms with Crippen LogP contribution < -0.4 is 4.74 Å². The van der Waals surface area contributed by atoms with Crippen LogP contribution in [0.15, 0.2) is 28.9 Å². The Morgan fingerprint density at radius 2 is 2.09 bits per heavy atom. The van der Waals surface area contributed by atoms with Crippen molar-refractivity contribution in [1.29, 1.82) is 0 Å². The van der Waals surface area contributed by atoms with Crippen LogP contribution in [0.5, 0.6) is 11.6 Å². The first-order chi connectivity index (χ1) is 10.7. The van der Waals surface area contributed by atoms with E-state index in [9.17, 15) is 18.0 Å². The van der Waals surface area contributed by atoms with E-state index < -0.39 is 17.7 Å². The predicted molar refractivity (Wildman–Crippen MR) is 78.4 cm³/mol. The van der Waals surface area contributed by atoms with Gasteiger partial charge < -0.3 is 9.47 Å². The molecule has 0 N–H and O–H groups in total. The zero-order valence-corrected chi connectivity index (χ0v) is 13.7. The Kier molecular flexibility index (Phi) is 4.98. The lowest BCUT2D eigenvalue weighted by atomic mass is 10.2. The van der Waals surface area contributed by atoms with Gasteiger partial charge in [0.1, 0.15) is 11.3 Å². The Morgan fingerprint density at radius 3 is 2.70 bits per heavy atom. The van der Waals surface area contributed by atoms with E-state index in [-0.39, 0.29) is 28.3 Å². The first-order valence-electron chi connectivity index (χ1n) is 6.47. The van der Waals surface area contributed by atoms with E-state index in [0.29, 0.717) is 0 Å². The molecule has 0 aliphatic heterocycles. The third kappa shape index (κ3) is 4.04. The van der Waals surface area contributed by atoms with Gasteiger partial charge in [-0.25, -0.2) is 4.79 Å². The van der Waals surface area contributed by atoms with Crippen LogP contribution in [0.2, 0.25) is 0 Å². The highest BCUT2D eigenvalue weighted by Gasteiger charge is 2.33. The Hall–Kier alpha value is -2.03. The summed E-state index contributed by atoms with van der Waals surface area (Å²) in [5.41, 5.74) is -0.852. The third-order valence-corrected chi connectivity index (χ3v) is 3.44. The molecule has 124 valence electrons. The number of aromatic nitrogens is 2. The maximum absolute atomic E-state index is 12.9. The van der Waals surface area contributed by atoms with Crippen molar-refractivity contribution in [3.8, 4) is 11.6 Å². The summed E-state index contributed by atoms with van der Waals surface area (Å²) in [6, 6.07) is 3.38. The normalized spacial score (nSPS) is 11.4. The number of carbonyl (C=O) groups is 1. The Morgan fingerprint density at radius 1 is 1.39 bits per heavy atom. The van der Waals surface area contributed by atoms with E-state index >= 15 is 0 Å². The van der Waals surface area contributed by atoms with Gasteiger partial charge in [0.2, 0.25) is 0 Å². The number of halogens is 4. The molecule has 2 aromatic rings. The molecule has 0 unspecified atom stereocenters. The standard InChI is InChI=1S/C14H12BrF3N2O3/c1-3-22-13(21)9-7-20(2)19-12(9)23-8-4-5-11(15)10(6-8)14(16,17)18/h4-7H,3H2,1-2H3. The smallest absolute Gasteiger partial charge is 0.417 e. The average molecular weight is 393 g/mol. The van der Waals surface area contributed by atoms with E-state index in [4.69, 9.17) is 9.47 Å². The molecular weight excluding hydrogens is 381 g/mol. The van der Waals surface area contributed by atoms with Gasteiger partial charge in [-0.15, -0.1) is 5.10 Å². The maximum atomic E-state index is 12.9. The van der Waals surface area contributed by atoms with Crippen LogP contribution >= 0.6 is 15.9 Å². The largest absolute Gasteiger partial charge is 0.462 e. The summed E-state index contributed by atoms with van der Waals surface area (Å²) in [4.78, 5) is 11.8. The van der Waals surface area contributed by atoms with Crippen molar-refractivity contribution in [3.63, 3.8) is 0 Å². The molecule has 0 saturated heterocycles. The molecule has 0 aliphatic rings. The second kappa shape index (κ2) is 6.61.